The molecule has 0 aliphatic rings. The second-order valence-electron chi connectivity index (χ2n) is 5.15. The molecule has 16 heavy (non-hydrogen) atoms. The molecule has 1 heterocycles. The maximum atomic E-state index is 10.5. The van der Waals surface area contributed by atoms with Gasteiger partial charge in [-0.3, -0.25) is 4.79 Å². The second kappa shape index (κ2) is 5.40. The molecular formula is C11H20N2O2Si. The van der Waals surface area contributed by atoms with Gasteiger partial charge in [0, 0.05) is 20.9 Å². The van der Waals surface area contributed by atoms with Gasteiger partial charge in [-0.05, 0) is 13.0 Å². The van der Waals surface area contributed by atoms with Crippen molar-refractivity contribution in [2.45, 2.75) is 39.3 Å². The second-order valence-corrected chi connectivity index (χ2v) is 10.8. The molecular weight excluding hydrogens is 220 g/mol. The van der Waals surface area contributed by atoms with Gasteiger partial charge in [0.15, 0.2) is 6.29 Å². The van der Waals surface area contributed by atoms with Gasteiger partial charge in [-0.25, -0.2) is 4.98 Å². The van der Waals surface area contributed by atoms with E-state index in [2.05, 4.69) is 24.6 Å². The van der Waals surface area contributed by atoms with Crippen LogP contribution in [-0.4, -0.2) is 30.5 Å². The van der Waals surface area contributed by atoms with Gasteiger partial charge in [0.1, 0.15) is 18.2 Å². The summed E-state index contributed by atoms with van der Waals surface area (Å²) >= 11 is 0. The predicted octanol–water partition coefficient (Wildman–Crippen LogP) is 2.32. The van der Waals surface area contributed by atoms with Crippen LogP contribution in [0.2, 0.25) is 25.7 Å². The molecule has 0 saturated heterocycles. The molecule has 4 nitrogen and oxygen atoms in total. The highest BCUT2D eigenvalue weighted by atomic mass is 28.3. The van der Waals surface area contributed by atoms with Gasteiger partial charge in [0.25, 0.3) is 0 Å². The van der Waals surface area contributed by atoms with Crippen LogP contribution in [0.1, 0.15) is 16.3 Å². The Kier molecular flexibility index (Phi) is 4.43. The Labute approximate surface area is 97.6 Å². The molecule has 0 N–H and O–H groups in total. The highest BCUT2D eigenvalue weighted by Gasteiger charge is 2.12. The van der Waals surface area contributed by atoms with Crippen molar-refractivity contribution in [1.29, 1.82) is 0 Å². The molecule has 5 heteroatoms. The van der Waals surface area contributed by atoms with E-state index in [-0.39, 0.29) is 0 Å². The fourth-order valence-corrected chi connectivity index (χ4v) is 2.02. The molecule has 1 rings (SSSR count). The largest absolute Gasteiger partial charge is 0.361 e. The zero-order valence-electron chi connectivity index (χ0n) is 10.5. The van der Waals surface area contributed by atoms with E-state index >= 15 is 0 Å². The Bertz CT molecular complexity index is 355. The molecule has 0 amide bonds. The molecule has 90 valence electrons. The SMILES string of the molecule is Cc1nc(C=O)cn1COCC[Si](C)(C)C. The molecule has 0 spiro atoms. The van der Waals surface area contributed by atoms with Gasteiger partial charge < -0.3 is 9.30 Å². The van der Waals surface area contributed by atoms with Crippen LogP contribution in [0.15, 0.2) is 6.20 Å². The Morgan fingerprint density at radius 1 is 1.50 bits per heavy atom. The Morgan fingerprint density at radius 3 is 2.69 bits per heavy atom. The number of imidazole rings is 1. The van der Waals surface area contributed by atoms with Gasteiger partial charge >= 0.3 is 0 Å². The van der Waals surface area contributed by atoms with E-state index in [0.29, 0.717) is 12.4 Å². The Morgan fingerprint density at radius 2 is 2.19 bits per heavy atom. The summed E-state index contributed by atoms with van der Waals surface area (Å²) in [5.41, 5.74) is 0.464. The van der Waals surface area contributed by atoms with E-state index in [0.717, 1.165) is 24.8 Å². The molecule has 0 radical (unpaired) electrons. The highest BCUT2D eigenvalue weighted by Crippen LogP contribution is 2.08. The average molecular weight is 240 g/mol. The van der Waals surface area contributed by atoms with Crippen LogP contribution < -0.4 is 0 Å². The monoisotopic (exact) mass is 240 g/mol. The van der Waals surface area contributed by atoms with Crippen LogP contribution in [-0.2, 0) is 11.5 Å². The number of hydrogen-bond donors (Lipinski definition) is 0. The van der Waals surface area contributed by atoms with E-state index in [1.54, 1.807) is 6.20 Å². The van der Waals surface area contributed by atoms with E-state index in [1.807, 2.05) is 11.5 Å². The third-order valence-corrected chi connectivity index (χ3v) is 4.05. The molecule has 0 saturated carbocycles. The maximum Gasteiger partial charge on any atom is 0.170 e. The summed E-state index contributed by atoms with van der Waals surface area (Å²) in [7, 11) is -1.02. The lowest BCUT2D eigenvalue weighted by Crippen LogP contribution is -2.22. The first kappa shape index (κ1) is 13.1. The van der Waals surface area contributed by atoms with Gasteiger partial charge in [0.2, 0.25) is 0 Å². The lowest BCUT2D eigenvalue weighted by atomic mass is 10.5. The quantitative estimate of drug-likeness (QED) is 0.435. The summed E-state index contributed by atoms with van der Waals surface area (Å²) in [4.78, 5) is 14.6. The van der Waals surface area contributed by atoms with E-state index < -0.39 is 8.07 Å². The topological polar surface area (TPSA) is 44.1 Å². The molecule has 0 fully saturated rings. The van der Waals surface area contributed by atoms with Crippen LogP contribution in [0.25, 0.3) is 0 Å². The molecule has 0 bridgehead atoms. The van der Waals surface area contributed by atoms with Crippen LogP contribution in [0, 0.1) is 6.92 Å². The van der Waals surface area contributed by atoms with Gasteiger partial charge in [-0.2, -0.15) is 0 Å². The Hall–Kier alpha value is -0.943. The number of rotatable bonds is 6. The highest BCUT2D eigenvalue weighted by molar-refractivity contribution is 6.76. The molecule has 0 unspecified atom stereocenters. The van der Waals surface area contributed by atoms with Crippen molar-refractivity contribution in [3.05, 3.63) is 17.7 Å². The summed E-state index contributed by atoms with van der Waals surface area (Å²) in [5, 5.41) is 0. The van der Waals surface area contributed by atoms with Crippen LogP contribution in [0.3, 0.4) is 0 Å². The first-order valence-electron chi connectivity index (χ1n) is 5.49. The fourth-order valence-electron chi connectivity index (χ4n) is 1.26. The van der Waals surface area contributed by atoms with Gasteiger partial charge in [0.05, 0.1) is 0 Å². The first-order valence-corrected chi connectivity index (χ1v) is 9.20. The summed E-state index contributed by atoms with van der Waals surface area (Å²) in [5.74, 6) is 0.815. The molecule has 0 atom stereocenters. The normalized spacial score (nSPS) is 11.8. The number of carbonyl (C=O) groups is 1. The number of carbonyl (C=O) groups excluding carboxylic acids is 1. The minimum Gasteiger partial charge on any atom is -0.361 e. The van der Waals surface area contributed by atoms with Crippen LogP contribution in [0.4, 0.5) is 0 Å². The average Bonchev–Trinajstić information content (AvgIpc) is 2.53. The number of aromatic nitrogens is 2. The Balaban J connectivity index is 2.37. The van der Waals surface area contributed by atoms with Crippen molar-refractivity contribution in [2.75, 3.05) is 6.61 Å². The molecule has 0 aromatic carbocycles. The number of ether oxygens (including phenoxy) is 1. The zero-order chi connectivity index (χ0) is 12.2. The minimum atomic E-state index is -1.02. The van der Waals surface area contributed by atoms with Gasteiger partial charge in [-0.1, -0.05) is 19.6 Å². The van der Waals surface area contributed by atoms with Crippen molar-refractivity contribution in [3.63, 3.8) is 0 Å². The van der Waals surface area contributed by atoms with Crippen molar-refractivity contribution in [3.8, 4) is 0 Å². The van der Waals surface area contributed by atoms with Crippen molar-refractivity contribution >= 4 is 14.4 Å². The van der Waals surface area contributed by atoms with E-state index in [4.69, 9.17) is 4.74 Å². The zero-order valence-corrected chi connectivity index (χ0v) is 11.5. The third kappa shape index (κ3) is 4.28. The summed E-state index contributed by atoms with van der Waals surface area (Å²) in [6.07, 6.45) is 2.47. The maximum absolute atomic E-state index is 10.5. The fraction of sp³-hybridized carbons (Fsp3) is 0.636. The lowest BCUT2D eigenvalue weighted by molar-refractivity contribution is 0.0857. The number of hydrogen-bond acceptors (Lipinski definition) is 3. The smallest absolute Gasteiger partial charge is 0.170 e. The van der Waals surface area contributed by atoms with E-state index in [1.165, 1.54) is 0 Å². The molecule has 1 aromatic heterocycles. The van der Waals surface area contributed by atoms with E-state index in [9.17, 15) is 4.79 Å². The van der Waals surface area contributed by atoms with Crippen molar-refractivity contribution in [2.24, 2.45) is 0 Å². The summed E-state index contributed by atoms with van der Waals surface area (Å²) in [6.45, 7) is 10.1. The minimum absolute atomic E-state index is 0.464. The van der Waals surface area contributed by atoms with Crippen molar-refractivity contribution in [1.82, 2.24) is 9.55 Å². The molecule has 0 aliphatic heterocycles. The number of aryl methyl sites for hydroxylation is 1. The summed E-state index contributed by atoms with van der Waals surface area (Å²) < 4.78 is 7.43. The molecule has 0 aliphatic carbocycles. The number of aldehydes is 1. The first-order chi connectivity index (χ1) is 7.42. The molecule has 1 aromatic rings. The third-order valence-electron chi connectivity index (χ3n) is 2.34. The van der Waals surface area contributed by atoms with Crippen LogP contribution in [0.5, 0.6) is 0 Å². The summed E-state index contributed by atoms with van der Waals surface area (Å²) in [6, 6.07) is 1.15. The van der Waals surface area contributed by atoms with Crippen molar-refractivity contribution < 1.29 is 9.53 Å². The lowest BCUT2D eigenvalue weighted by Gasteiger charge is -2.15. The predicted molar refractivity (Wildman–Crippen MR) is 66.5 cm³/mol. The van der Waals surface area contributed by atoms with Gasteiger partial charge in [-0.15, -0.1) is 0 Å². The van der Waals surface area contributed by atoms with Crippen LogP contribution >= 0.6 is 0 Å². The number of nitrogens with zero attached hydrogens (tertiary/aromatic N) is 2. The standard InChI is InChI=1S/C11H20N2O2Si/c1-10-12-11(8-14)7-13(10)9-15-5-6-16(2,3)4/h7-8H,5-6,9H2,1-4H3.